The normalized spacial score (nSPS) is 31.7. The topological polar surface area (TPSA) is 43.1 Å². The first-order valence-corrected chi connectivity index (χ1v) is 4.39. The lowest BCUT2D eigenvalue weighted by atomic mass is 9.83. The van der Waals surface area contributed by atoms with Crippen molar-refractivity contribution in [2.24, 2.45) is 5.92 Å². The molecule has 0 unspecified atom stereocenters. The average Bonchev–Trinajstić information content (AvgIpc) is 2.04. The quantitative estimate of drug-likeness (QED) is 0.455. The summed E-state index contributed by atoms with van der Waals surface area (Å²) in [5.41, 5.74) is 0. The van der Waals surface area contributed by atoms with Crippen molar-refractivity contribution in [2.45, 2.75) is 45.1 Å². The van der Waals surface area contributed by atoms with Crippen LogP contribution in [0.5, 0.6) is 0 Å². The van der Waals surface area contributed by atoms with E-state index in [-0.39, 0.29) is 11.0 Å². The lowest BCUT2D eigenvalue weighted by molar-refractivity contribution is -0.535. The van der Waals surface area contributed by atoms with E-state index in [9.17, 15) is 10.1 Å². The molecule has 11 heavy (non-hydrogen) atoms. The molecule has 1 saturated carbocycles. The predicted molar refractivity (Wildman–Crippen MR) is 43.0 cm³/mol. The van der Waals surface area contributed by atoms with Gasteiger partial charge in [0, 0.05) is 17.3 Å². The Labute approximate surface area is 66.9 Å². The standard InChI is InChI=1S/C8H15NO2/c1-2-7-5-3-4-6-8(7)9(10)11/h7-8H,2-6H2,1H3/t7-,8-/m0/s1. The molecule has 1 rings (SSSR count). The third-order valence-electron chi connectivity index (χ3n) is 2.66. The molecule has 1 fully saturated rings. The zero-order valence-electron chi connectivity index (χ0n) is 6.95. The molecule has 1 aliphatic carbocycles. The second-order valence-corrected chi connectivity index (χ2v) is 3.31. The molecular weight excluding hydrogens is 142 g/mol. The fourth-order valence-electron chi connectivity index (χ4n) is 1.94. The predicted octanol–water partition coefficient (Wildman–Crippen LogP) is 2.23. The van der Waals surface area contributed by atoms with Gasteiger partial charge in [-0.1, -0.05) is 13.3 Å². The highest BCUT2D eigenvalue weighted by Gasteiger charge is 2.32. The van der Waals surface area contributed by atoms with E-state index in [1.165, 1.54) is 6.42 Å². The van der Waals surface area contributed by atoms with Crippen LogP contribution in [0.3, 0.4) is 0 Å². The van der Waals surface area contributed by atoms with Crippen molar-refractivity contribution < 1.29 is 4.92 Å². The highest BCUT2D eigenvalue weighted by atomic mass is 16.6. The Morgan fingerprint density at radius 1 is 1.45 bits per heavy atom. The summed E-state index contributed by atoms with van der Waals surface area (Å²) < 4.78 is 0. The Morgan fingerprint density at radius 2 is 2.09 bits per heavy atom. The zero-order chi connectivity index (χ0) is 8.27. The second-order valence-electron chi connectivity index (χ2n) is 3.31. The van der Waals surface area contributed by atoms with Crippen LogP contribution < -0.4 is 0 Å². The van der Waals surface area contributed by atoms with E-state index in [2.05, 4.69) is 0 Å². The van der Waals surface area contributed by atoms with E-state index in [1.807, 2.05) is 6.92 Å². The summed E-state index contributed by atoms with van der Waals surface area (Å²) in [6.07, 6.45) is 5.05. The number of nitro groups is 1. The van der Waals surface area contributed by atoms with Gasteiger partial charge in [0.1, 0.15) is 0 Å². The molecule has 0 radical (unpaired) electrons. The summed E-state index contributed by atoms with van der Waals surface area (Å²) in [6, 6.07) is -0.242. The Hall–Kier alpha value is -0.600. The average molecular weight is 157 g/mol. The maximum Gasteiger partial charge on any atom is 0.215 e. The lowest BCUT2D eigenvalue weighted by Crippen LogP contribution is -2.31. The summed E-state index contributed by atoms with van der Waals surface area (Å²) in [6.45, 7) is 2.05. The molecule has 0 aliphatic heterocycles. The first-order chi connectivity index (χ1) is 5.25. The third kappa shape index (κ3) is 1.91. The summed E-state index contributed by atoms with van der Waals surface area (Å²) in [7, 11) is 0. The minimum absolute atomic E-state index is 0.0900. The van der Waals surface area contributed by atoms with E-state index in [1.54, 1.807) is 0 Å². The molecule has 0 heterocycles. The van der Waals surface area contributed by atoms with Crippen LogP contribution >= 0.6 is 0 Å². The molecule has 0 amide bonds. The molecule has 0 spiro atoms. The van der Waals surface area contributed by atoms with Gasteiger partial charge < -0.3 is 0 Å². The molecule has 0 aromatic heterocycles. The van der Waals surface area contributed by atoms with E-state index >= 15 is 0 Å². The van der Waals surface area contributed by atoms with Crippen molar-refractivity contribution in [2.75, 3.05) is 0 Å². The molecule has 0 aromatic rings. The van der Waals surface area contributed by atoms with Crippen molar-refractivity contribution in [1.29, 1.82) is 0 Å². The van der Waals surface area contributed by atoms with Crippen LogP contribution in [0, 0.1) is 16.0 Å². The molecular formula is C8H15NO2. The van der Waals surface area contributed by atoms with E-state index in [0.29, 0.717) is 5.92 Å². The highest BCUT2D eigenvalue weighted by Crippen LogP contribution is 2.28. The van der Waals surface area contributed by atoms with Gasteiger partial charge in [0.25, 0.3) is 0 Å². The molecule has 0 N–H and O–H groups in total. The third-order valence-corrected chi connectivity index (χ3v) is 2.66. The highest BCUT2D eigenvalue weighted by molar-refractivity contribution is 4.73. The minimum Gasteiger partial charge on any atom is -0.264 e. The fraction of sp³-hybridized carbons (Fsp3) is 1.00. The van der Waals surface area contributed by atoms with Gasteiger partial charge in [0.15, 0.2) is 0 Å². The Morgan fingerprint density at radius 3 is 2.55 bits per heavy atom. The number of rotatable bonds is 2. The Kier molecular flexibility index (Phi) is 2.85. The summed E-state index contributed by atoms with van der Waals surface area (Å²) in [5, 5.41) is 10.5. The summed E-state index contributed by atoms with van der Waals surface area (Å²) >= 11 is 0. The van der Waals surface area contributed by atoms with Crippen LogP contribution in [0.4, 0.5) is 0 Å². The smallest absolute Gasteiger partial charge is 0.215 e. The Bertz CT molecular complexity index is 147. The van der Waals surface area contributed by atoms with E-state index in [4.69, 9.17) is 0 Å². The minimum atomic E-state index is -0.242. The fourth-order valence-corrected chi connectivity index (χ4v) is 1.94. The van der Waals surface area contributed by atoms with Crippen molar-refractivity contribution in [1.82, 2.24) is 0 Å². The van der Waals surface area contributed by atoms with Gasteiger partial charge in [-0.25, -0.2) is 0 Å². The van der Waals surface area contributed by atoms with Crippen molar-refractivity contribution >= 4 is 0 Å². The van der Waals surface area contributed by atoms with Crippen LogP contribution in [0.2, 0.25) is 0 Å². The van der Waals surface area contributed by atoms with Gasteiger partial charge in [0.05, 0.1) is 0 Å². The van der Waals surface area contributed by atoms with Gasteiger partial charge in [-0.3, -0.25) is 10.1 Å². The van der Waals surface area contributed by atoms with Crippen LogP contribution in [0.15, 0.2) is 0 Å². The second kappa shape index (κ2) is 3.69. The van der Waals surface area contributed by atoms with Gasteiger partial charge in [-0.2, -0.15) is 0 Å². The lowest BCUT2D eigenvalue weighted by Gasteiger charge is -2.23. The molecule has 64 valence electrons. The molecule has 3 nitrogen and oxygen atoms in total. The van der Waals surface area contributed by atoms with Gasteiger partial charge in [0.2, 0.25) is 6.04 Å². The largest absolute Gasteiger partial charge is 0.264 e. The van der Waals surface area contributed by atoms with Crippen LogP contribution in [-0.2, 0) is 0 Å². The summed E-state index contributed by atoms with van der Waals surface area (Å²) in [5.74, 6) is 0.346. The van der Waals surface area contributed by atoms with E-state index in [0.717, 1.165) is 25.7 Å². The molecule has 0 bridgehead atoms. The van der Waals surface area contributed by atoms with E-state index < -0.39 is 0 Å². The molecule has 1 aliphatic rings. The maximum absolute atomic E-state index is 10.5. The van der Waals surface area contributed by atoms with Crippen molar-refractivity contribution in [3.63, 3.8) is 0 Å². The van der Waals surface area contributed by atoms with Gasteiger partial charge in [-0.15, -0.1) is 0 Å². The number of hydrogen-bond donors (Lipinski definition) is 0. The molecule has 0 saturated heterocycles. The zero-order valence-corrected chi connectivity index (χ0v) is 6.95. The van der Waals surface area contributed by atoms with Crippen molar-refractivity contribution in [3.8, 4) is 0 Å². The van der Waals surface area contributed by atoms with Crippen LogP contribution in [0.25, 0.3) is 0 Å². The van der Waals surface area contributed by atoms with Gasteiger partial charge in [-0.05, 0) is 19.3 Å². The Balaban J connectivity index is 2.51. The van der Waals surface area contributed by atoms with Crippen molar-refractivity contribution in [3.05, 3.63) is 10.1 Å². The number of hydrogen-bond acceptors (Lipinski definition) is 2. The molecule has 2 atom stereocenters. The van der Waals surface area contributed by atoms with Gasteiger partial charge >= 0.3 is 0 Å². The summed E-state index contributed by atoms with van der Waals surface area (Å²) in [4.78, 5) is 10.4. The van der Waals surface area contributed by atoms with Crippen LogP contribution in [-0.4, -0.2) is 11.0 Å². The SMILES string of the molecule is CC[C@H]1CCCC[C@@H]1[N+](=O)[O-]. The first-order valence-electron chi connectivity index (χ1n) is 4.39. The maximum atomic E-state index is 10.5. The number of nitrogens with zero attached hydrogens (tertiary/aromatic N) is 1. The molecule has 3 heteroatoms. The van der Waals surface area contributed by atoms with Crippen LogP contribution in [0.1, 0.15) is 39.0 Å². The molecule has 0 aromatic carbocycles. The monoisotopic (exact) mass is 157 g/mol. The first kappa shape index (κ1) is 8.50.